The predicted octanol–water partition coefficient (Wildman–Crippen LogP) is 4.96. The van der Waals surface area contributed by atoms with Crippen LogP contribution in [0, 0.1) is 11.6 Å². The van der Waals surface area contributed by atoms with Gasteiger partial charge in [0.05, 0.1) is 5.02 Å². The van der Waals surface area contributed by atoms with Crippen molar-refractivity contribution in [3.05, 3.63) is 110 Å². The summed E-state index contributed by atoms with van der Waals surface area (Å²) in [7, 11) is 0. The Morgan fingerprint density at radius 3 is 2.39 bits per heavy atom. The smallest absolute Gasteiger partial charge is 0.269 e. The molecule has 8 nitrogen and oxygen atoms in total. The third-order valence-electron chi connectivity index (χ3n) is 4.87. The van der Waals surface area contributed by atoms with E-state index in [0.29, 0.717) is 5.69 Å². The summed E-state index contributed by atoms with van der Waals surface area (Å²) in [6.45, 7) is 0. The zero-order chi connectivity index (χ0) is 26.0. The molecule has 0 fully saturated rings. The lowest BCUT2D eigenvalue weighted by Crippen LogP contribution is -2.28. The largest absolute Gasteiger partial charge is 0.453 e. The number of carbonyl (C=O) groups is 2. The van der Waals surface area contributed by atoms with Gasteiger partial charge in [0.1, 0.15) is 27.8 Å². The molecule has 2 aromatic heterocycles. The second-order valence-electron chi connectivity index (χ2n) is 7.23. The summed E-state index contributed by atoms with van der Waals surface area (Å²) in [6.07, 6.45) is 2.56. The summed E-state index contributed by atoms with van der Waals surface area (Å²) in [5.41, 5.74) is 4.09. The number of pyridine rings is 2. The number of rotatable bonds is 6. The quantitative estimate of drug-likeness (QED) is 0.365. The zero-order valence-corrected chi connectivity index (χ0v) is 19.5. The third kappa shape index (κ3) is 5.04. The molecule has 36 heavy (non-hydrogen) atoms. The number of carbonyl (C=O) groups excluding carboxylic acids is 2. The molecule has 0 aliphatic carbocycles. The minimum Gasteiger partial charge on any atom is -0.453 e. The lowest BCUT2D eigenvalue weighted by Gasteiger charge is -2.12. The Balaban J connectivity index is 1.58. The number of nitrogens with zero attached hydrogens (tertiary/aromatic N) is 2. The van der Waals surface area contributed by atoms with Crippen LogP contribution >= 0.6 is 23.2 Å². The highest BCUT2D eigenvalue weighted by Gasteiger charge is 2.20. The van der Waals surface area contributed by atoms with Gasteiger partial charge in [0, 0.05) is 35.9 Å². The first kappa shape index (κ1) is 24.8. The molecular weight excluding hydrogens is 517 g/mol. The summed E-state index contributed by atoms with van der Waals surface area (Å²) in [6, 6.07) is 11.2. The van der Waals surface area contributed by atoms with Crippen molar-refractivity contribution < 1.29 is 23.1 Å². The Labute approximate surface area is 211 Å². The fourth-order valence-corrected chi connectivity index (χ4v) is 3.64. The number of primary amides is 1. The van der Waals surface area contributed by atoms with Crippen molar-refractivity contribution >= 4 is 40.7 Å². The Bertz CT molecular complexity index is 1560. The highest BCUT2D eigenvalue weighted by atomic mass is 35.5. The molecule has 0 saturated carbocycles. The van der Waals surface area contributed by atoms with E-state index in [9.17, 15) is 23.2 Å². The number of amides is 2. The van der Waals surface area contributed by atoms with E-state index in [-0.39, 0.29) is 32.9 Å². The molecule has 0 saturated heterocycles. The van der Waals surface area contributed by atoms with Crippen LogP contribution in [-0.4, -0.2) is 21.4 Å². The van der Waals surface area contributed by atoms with Gasteiger partial charge >= 0.3 is 0 Å². The normalized spacial score (nSPS) is 10.7. The number of halogens is 4. The molecule has 0 bridgehead atoms. The summed E-state index contributed by atoms with van der Waals surface area (Å²) >= 11 is 12.1. The summed E-state index contributed by atoms with van der Waals surface area (Å²) in [5, 5.41) is 2.08. The van der Waals surface area contributed by atoms with Crippen molar-refractivity contribution in [2.45, 2.75) is 0 Å². The molecule has 4 aromatic rings. The maximum absolute atomic E-state index is 14.7. The number of aromatic nitrogens is 2. The van der Waals surface area contributed by atoms with E-state index in [1.54, 1.807) is 0 Å². The van der Waals surface area contributed by atoms with E-state index in [1.807, 2.05) is 0 Å². The SMILES string of the molecule is NC(=O)c1nccc(Oc2ccc(NC(=O)c3c(Cl)ccn(-c4ccc(F)cc4)c3=O)cc2F)c1Cl. The minimum absolute atomic E-state index is 0.00356. The fraction of sp³-hybridized carbons (Fsp3) is 0. The summed E-state index contributed by atoms with van der Waals surface area (Å²) in [5.74, 6) is -3.49. The van der Waals surface area contributed by atoms with Crippen molar-refractivity contribution in [1.29, 1.82) is 0 Å². The van der Waals surface area contributed by atoms with Crippen LogP contribution in [0.1, 0.15) is 20.8 Å². The van der Waals surface area contributed by atoms with Crippen molar-refractivity contribution in [3.63, 3.8) is 0 Å². The Morgan fingerprint density at radius 1 is 1.00 bits per heavy atom. The van der Waals surface area contributed by atoms with Crippen LogP contribution in [0.25, 0.3) is 5.69 Å². The monoisotopic (exact) mass is 530 g/mol. The molecule has 2 amide bonds. The lowest BCUT2D eigenvalue weighted by atomic mass is 10.2. The molecule has 0 spiro atoms. The molecule has 182 valence electrons. The average Bonchev–Trinajstić information content (AvgIpc) is 2.82. The first-order valence-corrected chi connectivity index (χ1v) is 10.8. The average molecular weight is 531 g/mol. The van der Waals surface area contributed by atoms with Crippen LogP contribution < -0.4 is 21.3 Å². The Morgan fingerprint density at radius 2 is 1.72 bits per heavy atom. The van der Waals surface area contributed by atoms with Crippen LogP contribution in [0.5, 0.6) is 11.5 Å². The minimum atomic E-state index is -0.891. The van der Waals surface area contributed by atoms with Gasteiger partial charge in [-0.05, 0) is 42.5 Å². The van der Waals surface area contributed by atoms with Gasteiger partial charge in [0.15, 0.2) is 11.6 Å². The van der Waals surface area contributed by atoms with E-state index >= 15 is 0 Å². The van der Waals surface area contributed by atoms with E-state index in [4.69, 9.17) is 33.7 Å². The van der Waals surface area contributed by atoms with Crippen LogP contribution in [0.15, 0.2) is 71.8 Å². The second-order valence-corrected chi connectivity index (χ2v) is 8.01. The number of hydrogen-bond donors (Lipinski definition) is 2. The number of hydrogen-bond acceptors (Lipinski definition) is 5. The van der Waals surface area contributed by atoms with Gasteiger partial charge in [-0.25, -0.2) is 13.8 Å². The van der Waals surface area contributed by atoms with Crippen molar-refractivity contribution in [1.82, 2.24) is 9.55 Å². The van der Waals surface area contributed by atoms with Crippen LogP contribution in [0.2, 0.25) is 10.0 Å². The molecule has 0 radical (unpaired) electrons. The highest BCUT2D eigenvalue weighted by Crippen LogP contribution is 2.33. The van der Waals surface area contributed by atoms with E-state index in [2.05, 4.69) is 10.3 Å². The predicted molar refractivity (Wildman–Crippen MR) is 129 cm³/mol. The van der Waals surface area contributed by atoms with E-state index < -0.39 is 34.6 Å². The number of anilines is 1. The van der Waals surface area contributed by atoms with Gasteiger partial charge in [0.2, 0.25) is 0 Å². The zero-order valence-electron chi connectivity index (χ0n) is 18.0. The van der Waals surface area contributed by atoms with Crippen LogP contribution in [0.4, 0.5) is 14.5 Å². The van der Waals surface area contributed by atoms with Crippen LogP contribution in [-0.2, 0) is 0 Å². The van der Waals surface area contributed by atoms with Crippen molar-refractivity contribution in [3.8, 4) is 17.2 Å². The summed E-state index contributed by atoms with van der Waals surface area (Å²) in [4.78, 5) is 40.9. The van der Waals surface area contributed by atoms with E-state index in [1.165, 1.54) is 48.8 Å². The lowest BCUT2D eigenvalue weighted by molar-refractivity contribution is 0.0993. The maximum atomic E-state index is 14.7. The molecule has 12 heteroatoms. The molecule has 0 aliphatic heterocycles. The first-order chi connectivity index (χ1) is 17.2. The molecule has 2 aromatic carbocycles. The Kier molecular flexibility index (Phi) is 7.00. The summed E-state index contributed by atoms with van der Waals surface area (Å²) < 4.78 is 34.5. The second kappa shape index (κ2) is 10.1. The van der Waals surface area contributed by atoms with Gasteiger partial charge in [-0.15, -0.1) is 0 Å². The number of benzene rings is 2. The molecule has 4 rings (SSSR count). The van der Waals surface area contributed by atoms with E-state index in [0.717, 1.165) is 22.8 Å². The van der Waals surface area contributed by atoms with Gasteiger partial charge in [-0.1, -0.05) is 23.2 Å². The van der Waals surface area contributed by atoms with Crippen molar-refractivity contribution in [2.75, 3.05) is 5.32 Å². The standard InChI is InChI=1S/C24H14Cl2F2N4O4/c25-15-8-10-32(14-4-1-12(27)2-5-14)24(35)19(15)23(34)31-13-3-6-17(16(28)11-13)36-18-7-9-30-21(20(18)26)22(29)33/h1-11H,(H2,29,33)(H,31,34). The van der Waals surface area contributed by atoms with Crippen LogP contribution in [0.3, 0.4) is 0 Å². The van der Waals surface area contributed by atoms with Gasteiger partial charge in [-0.2, -0.15) is 0 Å². The fourth-order valence-electron chi connectivity index (χ4n) is 3.17. The Hall–Kier alpha value is -4.28. The maximum Gasteiger partial charge on any atom is 0.269 e. The molecular formula is C24H14Cl2F2N4O4. The highest BCUT2D eigenvalue weighted by molar-refractivity contribution is 6.35. The van der Waals surface area contributed by atoms with Gasteiger partial charge < -0.3 is 15.8 Å². The number of nitrogens with two attached hydrogens (primary N) is 1. The molecule has 0 unspecified atom stereocenters. The topological polar surface area (TPSA) is 116 Å². The molecule has 0 atom stereocenters. The molecule has 0 aliphatic rings. The molecule has 2 heterocycles. The van der Waals surface area contributed by atoms with Gasteiger partial charge in [-0.3, -0.25) is 19.0 Å². The number of ether oxygens (including phenoxy) is 1. The third-order valence-corrected chi connectivity index (χ3v) is 5.55. The number of nitrogens with one attached hydrogen (secondary N) is 1. The van der Waals surface area contributed by atoms with Crippen molar-refractivity contribution in [2.24, 2.45) is 5.73 Å². The van der Waals surface area contributed by atoms with Gasteiger partial charge in [0.25, 0.3) is 17.4 Å². The first-order valence-electron chi connectivity index (χ1n) is 10.1. The molecule has 3 N–H and O–H groups in total.